The fraction of sp³-hybridized carbons (Fsp3) is 0.565. The first-order chi connectivity index (χ1) is 14.7. The minimum Gasteiger partial charge on any atom is -0.494 e. The second-order valence-corrected chi connectivity index (χ2v) is 8.78. The molecule has 0 bridgehead atoms. The number of carbonyl (C=O) groups is 2. The average Bonchev–Trinajstić information content (AvgIpc) is 3.14. The van der Waals surface area contributed by atoms with Crippen LogP contribution in [0.25, 0.3) is 10.9 Å². The molecular weight excluding hydrogens is 396 g/mol. The van der Waals surface area contributed by atoms with Crippen LogP contribution in [0.15, 0.2) is 24.3 Å². The molecule has 1 fully saturated rings. The quantitative estimate of drug-likeness (QED) is 0.659. The number of hydrogen-bond acceptors (Lipinski definition) is 5. The molecule has 8 nitrogen and oxygen atoms in total. The fourth-order valence-corrected chi connectivity index (χ4v) is 3.57. The number of nitrogens with one attached hydrogen (secondary N) is 2. The summed E-state index contributed by atoms with van der Waals surface area (Å²) in [6.45, 7) is 12.6. The van der Waals surface area contributed by atoms with Crippen molar-refractivity contribution in [2.75, 3.05) is 45.9 Å². The van der Waals surface area contributed by atoms with Gasteiger partial charge in [-0.05, 0) is 58.9 Å². The average molecular weight is 431 g/mol. The molecule has 0 unspecified atom stereocenters. The van der Waals surface area contributed by atoms with Crippen LogP contribution < -0.4 is 10.1 Å². The highest BCUT2D eigenvalue weighted by Gasteiger charge is 2.25. The van der Waals surface area contributed by atoms with Crippen molar-refractivity contribution in [3.63, 3.8) is 0 Å². The minimum absolute atomic E-state index is 0.107. The van der Waals surface area contributed by atoms with Crippen LogP contribution in [0, 0.1) is 0 Å². The molecule has 1 saturated heterocycles. The fourth-order valence-electron chi connectivity index (χ4n) is 3.57. The van der Waals surface area contributed by atoms with Crippen molar-refractivity contribution in [3.8, 4) is 5.75 Å². The normalized spacial score (nSPS) is 15.2. The van der Waals surface area contributed by atoms with Gasteiger partial charge in [-0.15, -0.1) is 0 Å². The Kier molecular flexibility index (Phi) is 7.43. The largest absolute Gasteiger partial charge is 0.494 e. The number of rotatable bonds is 7. The number of piperazine rings is 1. The predicted octanol–water partition coefficient (Wildman–Crippen LogP) is 3.24. The molecule has 2 aromatic rings. The highest BCUT2D eigenvalue weighted by atomic mass is 16.6. The molecule has 1 aliphatic rings. The number of ether oxygens (including phenoxy) is 2. The Morgan fingerprint density at radius 2 is 1.87 bits per heavy atom. The lowest BCUT2D eigenvalue weighted by Crippen LogP contribution is -2.50. The monoisotopic (exact) mass is 430 g/mol. The number of amides is 2. The standard InChI is InChI=1S/C23H34N4O4/c1-5-30-18-8-7-17-15-20(25-19(17)16-18)21(28)24-9-6-10-26-11-13-27(14-12-26)22(29)31-23(2,3)4/h7-8,15-16,25H,5-6,9-14H2,1-4H3,(H,24,28). The van der Waals surface area contributed by atoms with E-state index in [0.717, 1.165) is 42.7 Å². The van der Waals surface area contributed by atoms with E-state index in [1.807, 2.05) is 52.0 Å². The van der Waals surface area contributed by atoms with Gasteiger partial charge in [-0.25, -0.2) is 4.79 Å². The highest BCUT2D eigenvalue weighted by Crippen LogP contribution is 2.21. The number of carbonyl (C=O) groups excluding carboxylic acids is 2. The van der Waals surface area contributed by atoms with E-state index in [0.29, 0.717) is 31.9 Å². The predicted molar refractivity (Wildman–Crippen MR) is 121 cm³/mol. The van der Waals surface area contributed by atoms with Crippen LogP contribution in [0.5, 0.6) is 5.75 Å². The molecule has 1 aromatic heterocycles. The summed E-state index contributed by atoms with van der Waals surface area (Å²) in [6.07, 6.45) is 0.610. The van der Waals surface area contributed by atoms with Gasteiger partial charge in [-0.1, -0.05) is 0 Å². The molecule has 1 aromatic carbocycles. The number of nitrogens with zero attached hydrogens (tertiary/aromatic N) is 2. The summed E-state index contributed by atoms with van der Waals surface area (Å²) in [5.74, 6) is 0.680. The third kappa shape index (κ3) is 6.62. The van der Waals surface area contributed by atoms with E-state index in [9.17, 15) is 9.59 Å². The van der Waals surface area contributed by atoms with Crippen molar-refractivity contribution in [2.45, 2.75) is 39.7 Å². The van der Waals surface area contributed by atoms with E-state index < -0.39 is 5.60 Å². The Labute approximate surface area is 183 Å². The van der Waals surface area contributed by atoms with E-state index >= 15 is 0 Å². The molecule has 1 aliphatic heterocycles. The van der Waals surface area contributed by atoms with Crippen molar-refractivity contribution in [1.29, 1.82) is 0 Å². The van der Waals surface area contributed by atoms with Crippen LogP contribution in [0.4, 0.5) is 4.79 Å². The summed E-state index contributed by atoms with van der Waals surface area (Å²) in [4.78, 5) is 31.8. The first-order valence-electron chi connectivity index (χ1n) is 11.0. The summed E-state index contributed by atoms with van der Waals surface area (Å²) in [7, 11) is 0. The van der Waals surface area contributed by atoms with Crippen LogP contribution in [0.2, 0.25) is 0 Å². The smallest absolute Gasteiger partial charge is 0.410 e. The molecule has 0 aliphatic carbocycles. The molecule has 2 amide bonds. The molecule has 0 saturated carbocycles. The molecule has 8 heteroatoms. The van der Waals surface area contributed by atoms with Crippen molar-refractivity contribution < 1.29 is 19.1 Å². The number of benzene rings is 1. The van der Waals surface area contributed by atoms with Gasteiger partial charge in [0.05, 0.1) is 6.61 Å². The molecule has 2 N–H and O–H groups in total. The third-order valence-electron chi connectivity index (χ3n) is 5.11. The van der Waals surface area contributed by atoms with Crippen LogP contribution >= 0.6 is 0 Å². The number of fused-ring (bicyclic) bond motifs is 1. The Balaban J connectivity index is 1.38. The van der Waals surface area contributed by atoms with Crippen LogP contribution in [0.1, 0.15) is 44.6 Å². The third-order valence-corrected chi connectivity index (χ3v) is 5.11. The molecule has 0 spiro atoms. The summed E-state index contributed by atoms with van der Waals surface area (Å²) < 4.78 is 10.9. The van der Waals surface area contributed by atoms with Crippen molar-refractivity contribution in [3.05, 3.63) is 30.0 Å². The van der Waals surface area contributed by atoms with Crippen LogP contribution in [0.3, 0.4) is 0 Å². The molecule has 3 rings (SSSR count). The van der Waals surface area contributed by atoms with Crippen molar-refractivity contribution >= 4 is 22.9 Å². The number of H-pyrrole nitrogens is 1. The number of aromatic amines is 1. The van der Waals surface area contributed by atoms with Gasteiger partial charge in [0.15, 0.2) is 0 Å². The van der Waals surface area contributed by atoms with Gasteiger partial charge in [0.2, 0.25) is 0 Å². The van der Waals surface area contributed by atoms with Gasteiger partial charge in [0.25, 0.3) is 5.91 Å². The van der Waals surface area contributed by atoms with Gasteiger partial charge in [-0.2, -0.15) is 0 Å². The maximum atomic E-state index is 12.5. The summed E-state index contributed by atoms with van der Waals surface area (Å²) >= 11 is 0. The van der Waals surface area contributed by atoms with Crippen molar-refractivity contribution in [2.24, 2.45) is 0 Å². The van der Waals surface area contributed by atoms with Gasteiger partial charge in [0.1, 0.15) is 17.0 Å². The van der Waals surface area contributed by atoms with Gasteiger partial charge < -0.3 is 24.7 Å². The van der Waals surface area contributed by atoms with E-state index in [1.54, 1.807) is 4.90 Å². The first-order valence-corrected chi connectivity index (χ1v) is 11.0. The van der Waals surface area contributed by atoms with Gasteiger partial charge in [0, 0.05) is 49.7 Å². The van der Waals surface area contributed by atoms with Crippen molar-refractivity contribution in [1.82, 2.24) is 20.1 Å². The second kappa shape index (κ2) is 10.0. The Morgan fingerprint density at radius 3 is 2.55 bits per heavy atom. The molecule has 0 radical (unpaired) electrons. The van der Waals surface area contributed by atoms with Crippen LogP contribution in [-0.4, -0.2) is 78.3 Å². The van der Waals surface area contributed by atoms with Crippen LogP contribution in [-0.2, 0) is 4.74 Å². The Morgan fingerprint density at radius 1 is 1.13 bits per heavy atom. The zero-order valence-electron chi connectivity index (χ0n) is 19.0. The van der Waals surface area contributed by atoms with E-state index in [-0.39, 0.29) is 12.0 Å². The molecule has 170 valence electrons. The lowest BCUT2D eigenvalue weighted by molar-refractivity contribution is 0.0144. The Hall–Kier alpha value is -2.74. The van der Waals surface area contributed by atoms with E-state index in [1.165, 1.54) is 0 Å². The zero-order chi connectivity index (χ0) is 22.4. The van der Waals surface area contributed by atoms with E-state index in [4.69, 9.17) is 9.47 Å². The summed E-state index contributed by atoms with van der Waals surface area (Å²) in [5, 5.41) is 3.96. The second-order valence-electron chi connectivity index (χ2n) is 8.78. The molecular formula is C23H34N4O4. The molecule has 2 heterocycles. The molecule has 31 heavy (non-hydrogen) atoms. The Bertz CT molecular complexity index is 895. The van der Waals surface area contributed by atoms with Gasteiger partial charge >= 0.3 is 6.09 Å². The highest BCUT2D eigenvalue weighted by molar-refractivity contribution is 5.98. The first kappa shape index (κ1) is 22.9. The van der Waals surface area contributed by atoms with E-state index in [2.05, 4.69) is 15.2 Å². The topological polar surface area (TPSA) is 86.9 Å². The number of aromatic nitrogens is 1. The SMILES string of the molecule is CCOc1ccc2cc(C(=O)NCCCN3CCN(C(=O)OC(C)(C)C)CC3)[nH]c2c1. The van der Waals surface area contributed by atoms with Gasteiger partial charge in [-0.3, -0.25) is 9.69 Å². The maximum Gasteiger partial charge on any atom is 0.410 e. The lowest BCUT2D eigenvalue weighted by Gasteiger charge is -2.35. The summed E-state index contributed by atoms with van der Waals surface area (Å²) in [6, 6.07) is 7.62. The number of hydrogen-bond donors (Lipinski definition) is 2. The zero-order valence-corrected chi connectivity index (χ0v) is 19.0. The lowest BCUT2D eigenvalue weighted by atomic mass is 10.2. The minimum atomic E-state index is -0.469. The molecule has 0 atom stereocenters. The maximum absolute atomic E-state index is 12.5. The summed E-state index contributed by atoms with van der Waals surface area (Å²) in [5.41, 5.74) is 0.969.